The average Bonchev–Trinajstić information content (AvgIpc) is 2.40. The zero-order chi connectivity index (χ0) is 12.8. The third-order valence-electron chi connectivity index (χ3n) is 2.59. The molecule has 0 aliphatic carbocycles. The standard InChI is InChI=1S/C16H15NO.Ni/c1-13(17-15-10-6-3-7-11-15)12-16(18)14-8-4-2-5-9-14;/h2-11H,12H2,1H3;. The summed E-state index contributed by atoms with van der Waals surface area (Å²) in [5, 5.41) is 0. The van der Waals surface area contributed by atoms with Crippen LogP contribution < -0.4 is 0 Å². The Labute approximate surface area is 123 Å². The summed E-state index contributed by atoms with van der Waals surface area (Å²) >= 11 is 0. The van der Waals surface area contributed by atoms with E-state index in [0.29, 0.717) is 6.42 Å². The maximum atomic E-state index is 12.0. The van der Waals surface area contributed by atoms with Gasteiger partial charge in [-0.15, -0.1) is 0 Å². The van der Waals surface area contributed by atoms with E-state index in [0.717, 1.165) is 17.0 Å². The molecular weight excluding hydrogens is 281 g/mol. The zero-order valence-electron chi connectivity index (χ0n) is 10.7. The molecule has 2 nitrogen and oxygen atoms in total. The van der Waals surface area contributed by atoms with E-state index in [-0.39, 0.29) is 22.3 Å². The average molecular weight is 296 g/mol. The van der Waals surface area contributed by atoms with E-state index in [1.54, 1.807) is 0 Å². The molecule has 2 rings (SSSR count). The van der Waals surface area contributed by atoms with Crippen LogP contribution in [0.25, 0.3) is 0 Å². The Morgan fingerprint density at radius 1 is 0.947 bits per heavy atom. The SMILES string of the molecule is CC(CC(=O)c1ccccc1)=Nc1ccccc1.[Ni]. The number of para-hydroxylation sites is 1. The summed E-state index contributed by atoms with van der Waals surface area (Å²) in [4.78, 5) is 16.4. The van der Waals surface area contributed by atoms with Crippen molar-refractivity contribution in [1.29, 1.82) is 0 Å². The molecule has 0 spiro atoms. The molecule has 0 aliphatic rings. The van der Waals surface area contributed by atoms with Gasteiger partial charge >= 0.3 is 0 Å². The molecule has 19 heavy (non-hydrogen) atoms. The number of rotatable bonds is 4. The molecule has 0 amide bonds. The van der Waals surface area contributed by atoms with Crippen LogP contribution in [0.5, 0.6) is 0 Å². The van der Waals surface area contributed by atoms with Crippen LogP contribution in [0.15, 0.2) is 65.7 Å². The van der Waals surface area contributed by atoms with Crippen molar-refractivity contribution in [1.82, 2.24) is 0 Å². The second-order valence-corrected chi connectivity index (χ2v) is 4.15. The molecule has 0 saturated heterocycles. The molecule has 0 aliphatic heterocycles. The predicted octanol–water partition coefficient (Wildman–Crippen LogP) is 4.05. The van der Waals surface area contributed by atoms with Crippen LogP contribution >= 0.6 is 0 Å². The Bertz CT molecular complexity index is 549. The van der Waals surface area contributed by atoms with Crippen molar-refractivity contribution >= 4 is 17.2 Å². The molecule has 0 aromatic heterocycles. The Morgan fingerprint density at radius 3 is 2.05 bits per heavy atom. The van der Waals surface area contributed by atoms with Gasteiger partial charge in [-0.3, -0.25) is 9.79 Å². The van der Waals surface area contributed by atoms with Crippen LogP contribution in [0.1, 0.15) is 23.7 Å². The number of aliphatic imine (C=N–C) groups is 1. The second kappa shape index (κ2) is 7.65. The molecule has 0 heterocycles. The molecule has 0 radical (unpaired) electrons. The van der Waals surface area contributed by atoms with Crippen molar-refractivity contribution in [2.75, 3.05) is 0 Å². The van der Waals surface area contributed by atoms with E-state index >= 15 is 0 Å². The van der Waals surface area contributed by atoms with Gasteiger partial charge in [-0.25, -0.2) is 0 Å². The van der Waals surface area contributed by atoms with Gasteiger partial charge < -0.3 is 0 Å². The summed E-state index contributed by atoms with van der Waals surface area (Å²) in [7, 11) is 0. The van der Waals surface area contributed by atoms with Crippen molar-refractivity contribution in [3.63, 3.8) is 0 Å². The molecular formula is C16H15NNiO. The number of Topliss-reactive ketones (excluding diaryl/α,β-unsaturated/α-hetero) is 1. The quantitative estimate of drug-likeness (QED) is 0.475. The monoisotopic (exact) mass is 295 g/mol. The van der Waals surface area contributed by atoms with Gasteiger partial charge in [0.15, 0.2) is 5.78 Å². The minimum Gasteiger partial charge on any atom is -0.294 e. The zero-order valence-corrected chi connectivity index (χ0v) is 11.6. The molecule has 0 N–H and O–H groups in total. The maximum Gasteiger partial charge on any atom is 0.168 e. The number of hydrogen-bond donors (Lipinski definition) is 0. The van der Waals surface area contributed by atoms with Crippen LogP contribution in [0.2, 0.25) is 0 Å². The molecule has 0 fully saturated rings. The van der Waals surface area contributed by atoms with E-state index in [9.17, 15) is 4.79 Å². The first-order valence-electron chi connectivity index (χ1n) is 5.93. The molecule has 0 unspecified atom stereocenters. The van der Waals surface area contributed by atoms with Crippen LogP contribution in [0, 0.1) is 0 Å². The van der Waals surface area contributed by atoms with E-state index in [4.69, 9.17) is 0 Å². The fourth-order valence-electron chi connectivity index (χ4n) is 1.72. The van der Waals surface area contributed by atoms with Gasteiger partial charge in [-0.1, -0.05) is 48.5 Å². The van der Waals surface area contributed by atoms with Crippen LogP contribution in [0.3, 0.4) is 0 Å². The molecule has 3 heteroatoms. The maximum absolute atomic E-state index is 12.0. The van der Waals surface area contributed by atoms with Gasteiger partial charge in [0.05, 0.1) is 5.69 Å². The normalized spacial score (nSPS) is 10.7. The fourth-order valence-corrected chi connectivity index (χ4v) is 1.72. The largest absolute Gasteiger partial charge is 0.294 e. The summed E-state index contributed by atoms with van der Waals surface area (Å²) in [5.74, 6) is 0.104. The summed E-state index contributed by atoms with van der Waals surface area (Å²) in [5.41, 5.74) is 2.45. The summed E-state index contributed by atoms with van der Waals surface area (Å²) < 4.78 is 0. The summed E-state index contributed by atoms with van der Waals surface area (Å²) in [6.07, 6.45) is 0.360. The molecule has 2 aromatic carbocycles. The number of carbonyl (C=O) groups is 1. The first-order valence-corrected chi connectivity index (χ1v) is 5.93. The van der Waals surface area contributed by atoms with Gasteiger partial charge in [0.1, 0.15) is 0 Å². The van der Waals surface area contributed by atoms with E-state index in [1.807, 2.05) is 67.6 Å². The van der Waals surface area contributed by atoms with Crippen LogP contribution in [-0.4, -0.2) is 11.5 Å². The van der Waals surface area contributed by atoms with Crippen LogP contribution in [-0.2, 0) is 16.5 Å². The van der Waals surface area contributed by atoms with Crippen molar-refractivity contribution in [2.45, 2.75) is 13.3 Å². The van der Waals surface area contributed by atoms with E-state index < -0.39 is 0 Å². The molecule has 0 saturated carbocycles. The number of ketones is 1. The Kier molecular flexibility index (Phi) is 6.17. The van der Waals surface area contributed by atoms with Gasteiger partial charge in [0.2, 0.25) is 0 Å². The second-order valence-electron chi connectivity index (χ2n) is 4.15. The molecule has 0 atom stereocenters. The minimum absolute atomic E-state index is 0. The first-order chi connectivity index (χ1) is 8.75. The Balaban J connectivity index is 0.00000180. The van der Waals surface area contributed by atoms with Crippen molar-refractivity contribution in [3.05, 3.63) is 66.2 Å². The fraction of sp³-hybridized carbons (Fsp3) is 0.125. The van der Waals surface area contributed by atoms with Crippen molar-refractivity contribution in [2.24, 2.45) is 4.99 Å². The van der Waals surface area contributed by atoms with Gasteiger partial charge in [0.25, 0.3) is 0 Å². The number of hydrogen-bond acceptors (Lipinski definition) is 2. The summed E-state index contributed by atoms with van der Waals surface area (Å²) in [6, 6.07) is 19.0. The van der Waals surface area contributed by atoms with Crippen molar-refractivity contribution in [3.8, 4) is 0 Å². The smallest absolute Gasteiger partial charge is 0.168 e. The topological polar surface area (TPSA) is 29.4 Å². The third-order valence-corrected chi connectivity index (χ3v) is 2.59. The molecule has 2 aromatic rings. The van der Waals surface area contributed by atoms with Gasteiger partial charge in [-0.05, 0) is 19.1 Å². The molecule has 0 bridgehead atoms. The first kappa shape index (κ1) is 15.3. The van der Waals surface area contributed by atoms with Crippen LogP contribution in [0.4, 0.5) is 5.69 Å². The predicted molar refractivity (Wildman–Crippen MR) is 74.6 cm³/mol. The van der Waals surface area contributed by atoms with E-state index in [1.165, 1.54) is 0 Å². The van der Waals surface area contributed by atoms with Gasteiger partial charge in [-0.2, -0.15) is 0 Å². The minimum atomic E-state index is 0. The van der Waals surface area contributed by atoms with Crippen molar-refractivity contribution < 1.29 is 21.3 Å². The Morgan fingerprint density at radius 2 is 1.47 bits per heavy atom. The Hall–Kier alpha value is -1.73. The number of carbonyl (C=O) groups excluding carboxylic acids is 1. The number of nitrogens with zero attached hydrogens (tertiary/aromatic N) is 1. The third kappa shape index (κ3) is 4.80. The number of benzene rings is 2. The molecule has 100 valence electrons. The van der Waals surface area contributed by atoms with Gasteiger partial charge in [0, 0.05) is 34.2 Å². The van der Waals surface area contributed by atoms with E-state index in [2.05, 4.69) is 4.99 Å². The summed E-state index contributed by atoms with van der Waals surface area (Å²) in [6.45, 7) is 1.88.